The highest BCUT2D eigenvalue weighted by Gasteiger charge is 2.44. The molecule has 2 unspecified atom stereocenters. The zero-order valence-corrected chi connectivity index (χ0v) is 17.8. The van der Waals surface area contributed by atoms with Gasteiger partial charge >= 0.3 is 0 Å². The van der Waals surface area contributed by atoms with E-state index >= 15 is 0 Å². The number of ether oxygens (including phenoxy) is 3. The van der Waals surface area contributed by atoms with Crippen LogP contribution in [-0.2, 0) is 14.9 Å². The van der Waals surface area contributed by atoms with Crippen LogP contribution in [0.15, 0.2) is 12.1 Å². The first kappa shape index (κ1) is 21.2. The predicted molar refractivity (Wildman–Crippen MR) is 105 cm³/mol. The first-order chi connectivity index (χ1) is 13.4. The summed E-state index contributed by atoms with van der Waals surface area (Å²) < 4.78 is 45.5. The minimum atomic E-state index is -3.57. The van der Waals surface area contributed by atoms with E-state index in [9.17, 15) is 8.42 Å². The second-order valence-corrected chi connectivity index (χ2v) is 9.21. The number of hydroxylamine groups is 2. The molecule has 3 rings (SSSR count). The van der Waals surface area contributed by atoms with E-state index in [1.165, 1.54) is 27.8 Å². The van der Waals surface area contributed by atoms with Crippen molar-refractivity contribution >= 4 is 10.0 Å². The molecule has 8 nitrogen and oxygen atoms in total. The fourth-order valence-electron chi connectivity index (χ4n) is 4.09. The summed E-state index contributed by atoms with van der Waals surface area (Å²) in [7, 11) is 2.77. The average molecular weight is 415 g/mol. The summed E-state index contributed by atoms with van der Waals surface area (Å²) in [4.78, 5) is 5.61. The Morgan fingerprint density at radius 1 is 1.04 bits per heavy atom. The van der Waals surface area contributed by atoms with Gasteiger partial charge in [0.05, 0.1) is 34.0 Å². The Labute approximate surface area is 167 Å². The van der Waals surface area contributed by atoms with E-state index in [4.69, 9.17) is 19.0 Å². The first-order valence-electron chi connectivity index (χ1n) is 9.58. The van der Waals surface area contributed by atoms with Gasteiger partial charge in [-0.15, -0.1) is 0 Å². The molecule has 1 aromatic rings. The Balaban J connectivity index is 1.92. The number of benzene rings is 1. The molecule has 0 radical (unpaired) electrons. The molecule has 2 aliphatic rings. The fraction of sp³-hybridized carbons (Fsp3) is 0.684. The number of nitrogens with one attached hydrogen (secondary N) is 1. The van der Waals surface area contributed by atoms with Crippen molar-refractivity contribution in [1.82, 2.24) is 9.79 Å². The van der Waals surface area contributed by atoms with Gasteiger partial charge in [0.15, 0.2) is 11.5 Å². The molecule has 0 spiro atoms. The Hall–Kier alpha value is -1.55. The third-order valence-electron chi connectivity index (χ3n) is 5.55. The van der Waals surface area contributed by atoms with Crippen molar-refractivity contribution in [3.8, 4) is 17.2 Å². The number of methoxy groups -OCH3 is 3. The third kappa shape index (κ3) is 4.22. The lowest BCUT2D eigenvalue weighted by atomic mass is 9.96. The van der Waals surface area contributed by atoms with Crippen LogP contribution in [0.2, 0.25) is 0 Å². The highest BCUT2D eigenvalue weighted by Crippen LogP contribution is 2.43. The van der Waals surface area contributed by atoms with Gasteiger partial charge in [0.1, 0.15) is 5.25 Å². The van der Waals surface area contributed by atoms with Crippen LogP contribution in [-0.4, -0.2) is 59.8 Å². The lowest BCUT2D eigenvalue weighted by Gasteiger charge is -2.28. The van der Waals surface area contributed by atoms with E-state index in [0.29, 0.717) is 17.2 Å². The van der Waals surface area contributed by atoms with Crippen LogP contribution in [0.5, 0.6) is 17.2 Å². The van der Waals surface area contributed by atoms with Crippen molar-refractivity contribution in [3.63, 3.8) is 0 Å². The second-order valence-electron chi connectivity index (χ2n) is 7.28. The van der Waals surface area contributed by atoms with Crippen LogP contribution in [0.1, 0.15) is 43.7 Å². The summed E-state index contributed by atoms with van der Waals surface area (Å²) in [5.74, 6) is 1.43. The molecule has 2 fully saturated rings. The standard InChI is InChI=1S/C19H30N2O6S/c1-21-18(13-10-15(24-2)19(26-4)16(11-13)25-3)17(12-27-21)28(22,23)20-14-8-6-5-7-9-14/h10-11,14,17-18,20H,5-9,12H2,1-4H3. The van der Waals surface area contributed by atoms with E-state index in [0.717, 1.165) is 31.2 Å². The lowest BCUT2D eigenvalue weighted by Crippen LogP contribution is -2.44. The van der Waals surface area contributed by atoms with Crippen LogP contribution < -0.4 is 18.9 Å². The minimum absolute atomic E-state index is 0.00486. The fourth-order valence-corrected chi connectivity index (χ4v) is 5.88. The lowest BCUT2D eigenvalue weighted by molar-refractivity contribution is -0.110. The van der Waals surface area contributed by atoms with Crippen LogP contribution in [0, 0.1) is 0 Å². The summed E-state index contributed by atoms with van der Waals surface area (Å²) in [5, 5.41) is 0.855. The molecule has 1 aliphatic carbocycles. The molecule has 0 amide bonds. The van der Waals surface area contributed by atoms with E-state index in [1.807, 2.05) is 0 Å². The summed E-state index contributed by atoms with van der Waals surface area (Å²) in [6, 6.07) is 3.07. The maximum absolute atomic E-state index is 13.2. The molecule has 9 heteroatoms. The van der Waals surface area contributed by atoms with Crippen LogP contribution in [0.3, 0.4) is 0 Å². The van der Waals surface area contributed by atoms with Crippen LogP contribution in [0.4, 0.5) is 0 Å². The summed E-state index contributed by atoms with van der Waals surface area (Å²) in [5.41, 5.74) is 0.730. The van der Waals surface area contributed by atoms with E-state index < -0.39 is 21.3 Å². The van der Waals surface area contributed by atoms with Gasteiger partial charge in [-0.3, -0.25) is 4.84 Å². The number of rotatable bonds is 7. The van der Waals surface area contributed by atoms with Gasteiger partial charge in [0, 0.05) is 13.1 Å². The van der Waals surface area contributed by atoms with Gasteiger partial charge in [0.25, 0.3) is 0 Å². The molecule has 0 bridgehead atoms. The van der Waals surface area contributed by atoms with Gasteiger partial charge < -0.3 is 14.2 Å². The van der Waals surface area contributed by atoms with Crippen LogP contribution in [0.25, 0.3) is 0 Å². The monoisotopic (exact) mass is 414 g/mol. The normalized spacial score (nSPS) is 24.3. The molecular weight excluding hydrogens is 384 g/mol. The van der Waals surface area contributed by atoms with Gasteiger partial charge in [-0.25, -0.2) is 13.1 Å². The number of nitrogens with zero attached hydrogens (tertiary/aromatic N) is 1. The zero-order chi connectivity index (χ0) is 20.3. The van der Waals surface area contributed by atoms with Crippen LogP contribution >= 0.6 is 0 Å². The molecule has 1 aliphatic heterocycles. The van der Waals surface area contributed by atoms with E-state index in [1.54, 1.807) is 24.2 Å². The smallest absolute Gasteiger partial charge is 0.219 e. The molecule has 158 valence electrons. The topological polar surface area (TPSA) is 86.3 Å². The number of sulfonamides is 1. The van der Waals surface area contributed by atoms with Crippen molar-refractivity contribution in [1.29, 1.82) is 0 Å². The summed E-state index contributed by atoms with van der Waals surface area (Å²) in [6.45, 7) is 0.0971. The van der Waals surface area contributed by atoms with Crippen molar-refractivity contribution < 1.29 is 27.5 Å². The van der Waals surface area contributed by atoms with Gasteiger partial charge in [0.2, 0.25) is 15.8 Å². The van der Waals surface area contributed by atoms with E-state index in [2.05, 4.69) is 4.72 Å². The predicted octanol–water partition coefficient (Wildman–Crippen LogP) is 2.25. The zero-order valence-electron chi connectivity index (χ0n) is 16.9. The highest BCUT2D eigenvalue weighted by atomic mass is 32.2. The molecule has 1 saturated heterocycles. The minimum Gasteiger partial charge on any atom is -0.493 e. The van der Waals surface area contributed by atoms with Crippen molar-refractivity contribution in [3.05, 3.63) is 17.7 Å². The molecule has 1 aromatic carbocycles. The highest BCUT2D eigenvalue weighted by molar-refractivity contribution is 7.90. The molecule has 1 heterocycles. The first-order valence-corrected chi connectivity index (χ1v) is 11.1. The maximum atomic E-state index is 13.2. The number of hydrogen-bond acceptors (Lipinski definition) is 7. The maximum Gasteiger partial charge on any atom is 0.219 e. The third-order valence-corrected chi connectivity index (χ3v) is 7.40. The Kier molecular flexibility index (Phi) is 6.69. The van der Waals surface area contributed by atoms with E-state index in [-0.39, 0.29) is 12.6 Å². The number of hydrogen-bond donors (Lipinski definition) is 1. The molecular formula is C19H30N2O6S. The largest absolute Gasteiger partial charge is 0.493 e. The Morgan fingerprint density at radius 2 is 1.64 bits per heavy atom. The molecule has 1 N–H and O–H groups in total. The molecule has 0 aromatic heterocycles. The van der Waals surface area contributed by atoms with Crippen molar-refractivity contribution in [2.75, 3.05) is 35.0 Å². The van der Waals surface area contributed by atoms with Crippen molar-refractivity contribution in [2.24, 2.45) is 0 Å². The Morgan fingerprint density at radius 3 is 2.18 bits per heavy atom. The summed E-state index contributed by atoms with van der Waals surface area (Å²) in [6.07, 6.45) is 5.06. The summed E-state index contributed by atoms with van der Waals surface area (Å²) >= 11 is 0. The van der Waals surface area contributed by atoms with Crippen molar-refractivity contribution in [2.45, 2.75) is 49.4 Å². The Bertz CT molecular complexity index is 754. The van der Waals surface area contributed by atoms with Gasteiger partial charge in [-0.2, -0.15) is 5.06 Å². The van der Waals surface area contributed by atoms with Gasteiger partial charge in [-0.05, 0) is 30.5 Å². The quantitative estimate of drug-likeness (QED) is 0.732. The average Bonchev–Trinajstić information content (AvgIpc) is 3.09. The molecule has 2 atom stereocenters. The second kappa shape index (κ2) is 8.86. The molecule has 1 saturated carbocycles. The van der Waals surface area contributed by atoms with Gasteiger partial charge in [-0.1, -0.05) is 19.3 Å². The SMILES string of the molecule is COc1cc(C2C(S(=O)(=O)NC3CCCCC3)CON2C)cc(OC)c1OC. The molecule has 28 heavy (non-hydrogen) atoms.